The second-order valence-electron chi connectivity index (χ2n) is 3.75. The molecule has 0 saturated carbocycles. The molecule has 1 aromatic heterocycles. The van der Waals surface area contributed by atoms with E-state index in [1.165, 1.54) is 0 Å². The quantitative estimate of drug-likeness (QED) is 0.673. The molecule has 0 aromatic carbocycles. The fraction of sp³-hybridized carbons (Fsp3) is 0.300. The van der Waals surface area contributed by atoms with E-state index in [1.54, 1.807) is 0 Å². The Kier molecular flexibility index (Phi) is 2.92. The van der Waals surface area contributed by atoms with Crippen LogP contribution in [-0.4, -0.2) is 37.8 Å². The van der Waals surface area contributed by atoms with E-state index in [2.05, 4.69) is 9.97 Å². The molecule has 0 aliphatic carbocycles. The summed E-state index contributed by atoms with van der Waals surface area (Å²) in [6.45, 7) is -0.146. The van der Waals surface area contributed by atoms with Gasteiger partial charge in [-0.2, -0.15) is 0 Å². The summed E-state index contributed by atoms with van der Waals surface area (Å²) in [6.07, 6.45) is 1.20. The lowest BCUT2D eigenvalue weighted by molar-refractivity contribution is -0.139. The van der Waals surface area contributed by atoms with Crippen molar-refractivity contribution < 1.29 is 19.5 Å². The molecule has 0 spiro atoms. The van der Waals surface area contributed by atoms with Gasteiger partial charge in [0.05, 0.1) is 6.54 Å². The smallest absolute Gasteiger partial charge is 0.342 e. The number of hydrogen-bond acceptors (Lipinski definition) is 5. The molecule has 0 unspecified atom stereocenters. The van der Waals surface area contributed by atoms with Crippen LogP contribution in [-0.2, 0) is 16.1 Å². The van der Waals surface area contributed by atoms with Crippen LogP contribution in [0.2, 0.25) is 0 Å². The maximum absolute atomic E-state index is 11.4. The molecule has 2 heterocycles. The van der Waals surface area contributed by atoms with E-state index in [-0.39, 0.29) is 37.0 Å². The van der Waals surface area contributed by atoms with E-state index in [0.717, 1.165) is 11.1 Å². The second-order valence-corrected chi connectivity index (χ2v) is 3.75. The van der Waals surface area contributed by atoms with Crippen molar-refractivity contribution in [2.24, 2.45) is 0 Å². The van der Waals surface area contributed by atoms with Crippen LogP contribution in [0.25, 0.3) is 0 Å². The third-order valence-electron chi connectivity index (χ3n) is 2.55. The lowest BCUT2D eigenvalue weighted by Gasteiger charge is -2.12. The summed E-state index contributed by atoms with van der Waals surface area (Å²) < 4.78 is 0. The highest BCUT2D eigenvalue weighted by molar-refractivity contribution is 6.01. The molecule has 1 aliphatic rings. The first-order chi connectivity index (χ1) is 8.49. The number of imide groups is 1. The van der Waals surface area contributed by atoms with Gasteiger partial charge in [0.15, 0.2) is 0 Å². The highest BCUT2D eigenvalue weighted by Crippen LogP contribution is 2.13. The van der Waals surface area contributed by atoms with Gasteiger partial charge >= 0.3 is 5.97 Å². The highest BCUT2D eigenvalue weighted by Gasteiger charge is 2.29. The average Bonchev–Trinajstić information content (AvgIpc) is 2.60. The number of amides is 2. The third kappa shape index (κ3) is 2.12. The minimum absolute atomic E-state index is 0.0774. The first kappa shape index (κ1) is 12.0. The number of carboxylic acid groups (broad SMARTS) is 1. The topological polar surface area (TPSA) is 120 Å². The van der Waals surface area contributed by atoms with Gasteiger partial charge in [-0.3, -0.25) is 19.3 Å². The summed E-state index contributed by atoms with van der Waals surface area (Å²) in [7, 11) is 0. The molecule has 18 heavy (non-hydrogen) atoms. The van der Waals surface area contributed by atoms with E-state index in [0.29, 0.717) is 0 Å². The maximum Gasteiger partial charge on any atom is 0.342 e. The van der Waals surface area contributed by atoms with Crippen molar-refractivity contribution in [3.05, 3.63) is 27.9 Å². The number of aromatic amines is 1. The Morgan fingerprint density at radius 1 is 1.33 bits per heavy atom. The molecule has 0 radical (unpaired) electrons. The molecule has 94 valence electrons. The molecular weight excluding hydrogens is 242 g/mol. The van der Waals surface area contributed by atoms with Crippen LogP contribution in [0.5, 0.6) is 0 Å². The van der Waals surface area contributed by atoms with Gasteiger partial charge in [0.25, 0.3) is 5.56 Å². The van der Waals surface area contributed by atoms with Gasteiger partial charge < -0.3 is 10.1 Å². The van der Waals surface area contributed by atoms with Gasteiger partial charge in [-0.1, -0.05) is 0 Å². The molecule has 0 atom stereocenters. The lowest BCUT2D eigenvalue weighted by Crippen LogP contribution is -2.31. The molecule has 8 heteroatoms. The zero-order chi connectivity index (χ0) is 13.3. The second kappa shape index (κ2) is 4.40. The summed E-state index contributed by atoms with van der Waals surface area (Å²) in [5, 5.41) is 8.65. The Labute approximate surface area is 100 Å². The molecular formula is C10H9N3O5. The molecule has 2 N–H and O–H groups in total. The predicted molar refractivity (Wildman–Crippen MR) is 56.6 cm³/mol. The standard InChI is InChI=1S/C10H9N3O5/c14-7-1-2-8(15)13(7)4-6-11-3-5(10(17)18)9(16)12-6/h3H,1-2,4H2,(H,17,18)(H,11,12,16). The Morgan fingerprint density at radius 3 is 2.44 bits per heavy atom. The van der Waals surface area contributed by atoms with E-state index in [1.807, 2.05) is 0 Å². The number of aromatic carboxylic acids is 1. The van der Waals surface area contributed by atoms with Gasteiger partial charge in [-0.25, -0.2) is 9.78 Å². The number of H-pyrrole nitrogens is 1. The number of aromatic nitrogens is 2. The molecule has 1 aliphatic heterocycles. The van der Waals surface area contributed by atoms with Gasteiger partial charge in [-0.15, -0.1) is 0 Å². The number of nitrogens with one attached hydrogen (secondary N) is 1. The van der Waals surface area contributed by atoms with E-state index < -0.39 is 17.1 Å². The van der Waals surface area contributed by atoms with Crippen molar-refractivity contribution >= 4 is 17.8 Å². The Morgan fingerprint density at radius 2 is 1.94 bits per heavy atom. The van der Waals surface area contributed by atoms with Crippen molar-refractivity contribution in [2.75, 3.05) is 0 Å². The van der Waals surface area contributed by atoms with Gasteiger partial charge in [0, 0.05) is 19.0 Å². The molecule has 2 rings (SSSR count). The largest absolute Gasteiger partial charge is 0.477 e. The molecule has 2 amide bonds. The number of carboxylic acids is 1. The first-order valence-electron chi connectivity index (χ1n) is 5.13. The zero-order valence-corrected chi connectivity index (χ0v) is 9.17. The van der Waals surface area contributed by atoms with Crippen LogP contribution in [0.1, 0.15) is 29.0 Å². The Hall–Kier alpha value is -2.51. The van der Waals surface area contributed by atoms with Crippen LogP contribution in [0.15, 0.2) is 11.0 Å². The highest BCUT2D eigenvalue weighted by atomic mass is 16.4. The van der Waals surface area contributed by atoms with Crippen molar-refractivity contribution in [2.45, 2.75) is 19.4 Å². The van der Waals surface area contributed by atoms with Crippen LogP contribution in [0.3, 0.4) is 0 Å². The Bertz CT molecular complexity index is 575. The monoisotopic (exact) mass is 251 g/mol. The summed E-state index contributed by atoms with van der Waals surface area (Å²) >= 11 is 0. The molecule has 8 nitrogen and oxygen atoms in total. The number of nitrogens with zero attached hydrogens (tertiary/aromatic N) is 2. The molecule has 1 aromatic rings. The molecule has 1 saturated heterocycles. The zero-order valence-electron chi connectivity index (χ0n) is 9.17. The van der Waals surface area contributed by atoms with E-state index in [9.17, 15) is 19.2 Å². The Balaban J connectivity index is 2.23. The number of carbonyl (C=O) groups excluding carboxylic acids is 2. The lowest BCUT2D eigenvalue weighted by atomic mass is 10.3. The summed E-state index contributed by atoms with van der Waals surface area (Å²) in [5.74, 6) is -1.97. The van der Waals surface area contributed by atoms with Crippen molar-refractivity contribution in [3.8, 4) is 0 Å². The predicted octanol–water partition coefficient (Wildman–Crippen LogP) is -0.883. The summed E-state index contributed by atoms with van der Waals surface area (Å²) in [4.78, 5) is 51.6. The SMILES string of the molecule is O=C(O)c1cnc(CN2C(=O)CCC2=O)[nH]c1=O. The van der Waals surface area contributed by atoms with Crippen molar-refractivity contribution in [3.63, 3.8) is 0 Å². The fourth-order valence-corrected chi connectivity index (χ4v) is 1.61. The van der Waals surface area contributed by atoms with E-state index >= 15 is 0 Å². The van der Waals surface area contributed by atoms with Crippen LogP contribution in [0, 0.1) is 0 Å². The van der Waals surface area contributed by atoms with Crippen LogP contribution < -0.4 is 5.56 Å². The normalized spacial score (nSPS) is 15.2. The minimum Gasteiger partial charge on any atom is -0.477 e. The summed E-state index contributed by atoms with van der Waals surface area (Å²) in [6, 6.07) is 0. The van der Waals surface area contributed by atoms with Gasteiger partial charge in [-0.05, 0) is 0 Å². The first-order valence-corrected chi connectivity index (χ1v) is 5.13. The van der Waals surface area contributed by atoms with Gasteiger partial charge in [0.1, 0.15) is 11.4 Å². The van der Waals surface area contributed by atoms with E-state index in [4.69, 9.17) is 5.11 Å². The van der Waals surface area contributed by atoms with Gasteiger partial charge in [0.2, 0.25) is 11.8 Å². The fourth-order valence-electron chi connectivity index (χ4n) is 1.61. The average molecular weight is 251 g/mol. The summed E-state index contributed by atoms with van der Waals surface area (Å²) in [5.41, 5.74) is -1.30. The maximum atomic E-state index is 11.4. The molecule has 0 bridgehead atoms. The number of likely N-dealkylation sites (tertiary alicyclic amines) is 1. The number of hydrogen-bond donors (Lipinski definition) is 2. The van der Waals surface area contributed by atoms with Crippen LogP contribution in [0.4, 0.5) is 0 Å². The van der Waals surface area contributed by atoms with Crippen molar-refractivity contribution in [1.29, 1.82) is 0 Å². The third-order valence-corrected chi connectivity index (χ3v) is 2.55. The number of rotatable bonds is 3. The van der Waals surface area contributed by atoms with Crippen molar-refractivity contribution in [1.82, 2.24) is 14.9 Å². The van der Waals surface area contributed by atoms with Crippen LogP contribution >= 0.6 is 0 Å². The minimum atomic E-state index is -1.39. The number of carbonyl (C=O) groups is 3. The molecule has 1 fully saturated rings.